The van der Waals surface area contributed by atoms with Crippen LogP contribution in [-0.4, -0.2) is 28.2 Å². The average Bonchev–Trinajstić information content (AvgIpc) is 3.17. The van der Waals surface area contributed by atoms with Crippen molar-refractivity contribution >= 4 is 22.4 Å². The van der Waals surface area contributed by atoms with Crippen LogP contribution in [-0.2, 0) is 23.1 Å². The molecule has 3 rings (SSSR count). The fourth-order valence-electron chi connectivity index (χ4n) is 4.26. The largest absolute Gasteiger partial charge is 0.303 e. The Kier molecular flexibility index (Phi) is 7.75. The predicted molar refractivity (Wildman–Crippen MR) is 120 cm³/mol. The Balaban J connectivity index is 1.65. The average molecular weight is 451 g/mol. The number of amides is 1. The van der Waals surface area contributed by atoms with E-state index in [1.54, 1.807) is 0 Å². The molecule has 1 aromatic heterocycles. The highest BCUT2D eigenvalue weighted by atomic mass is 32.1. The van der Waals surface area contributed by atoms with Gasteiger partial charge in [0.2, 0.25) is 11.0 Å². The molecule has 0 saturated heterocycles. The Morgan fingerprint density at radius 2 is 2.03 bits per heavy atom. The van der Waals surface area contributed by atoms with Gasteiger partial charge in [-0.25, -0.2) is 8.78 Å². The normalized spacial score (nSPS) is 17.3. The van der Waals surface area contributed by atoms with Crippen LogP contribution in [0.5, 0.6) is 0 Å². The minimum Gasteiger partial charge on any atom is -0.303 e. The van der Waals surface area contributed by atoms with Crippen molar-refractivity contribution in [1.82, 2.24) is 15.5 Å². The van der Waals surface area contributed by atoms with Crippen molar-refractivity contribution in [3.05, 3.63) is 39.9 Å². The summed E-state index contributed by atoms with van der Waals surface area (Å²) in [5.41, 5.74) is 1.20. The van der Waals surface area contributed by atoms with E-state index in [2.05, 4.69) is 41.6 Å². The van der Waals surface area contributed by atoms with E-state index in [1.165, 1.54) is 17.4 Å². The molecule has 0 bridgehead atoms. The number of carbonyl (C=O) groups is 1. The van der Waals surface area contributed by atoms with Crippen LogP contribution in [0.3, 0.4) is 0 Å². The lowest BCUT2D eigenvalue weighted by Gasteiger charge is -2.29. The summed E-state index contributed by atoms with van der Waals surface area (Å²) in [6, 6.07) is 1.90. The molecule has 2 N–H and O–H groups in total. The number of nitrogens with one attached hydrogen (secondary N) is 2. The highest BCUT2D eigenvalue weighted by molar-refractivity contribution is 7.15. The number of halogens is 2. The second kappa shape index (κ2) is 10.1. The molecule has 0 radical (unpaired) electrons. The van der Waals surface area contributed by atoms with E-state index in [1.807, 2.05) is 6.92 Å². The molecular weight excluding hydrogens is 418 g/mol. The van der Waals surface area contributed by atoms with Crippen LogP contribution in [0.25, 0.3) is 0 Å². The van der Waals surface area contributed by atoms with Crippen molar-refractivity contribution < 1.29 is 13.6 Å². The lowest BCUT2D eigenvalue weighted by molar-refractivity contribution is -0.118. The highest BCUT2D eigenvalue weighted by Gasteiger charge is 2.28. The minimum atomic E-state index is -0.538. The van der Waals surface area contributed by atoms with Gasteiger partial charge in [0.25, 0.3) is 0 Å². The number of anilines is 1. The highest BCUT2D eigenvalue weighted by Crippen LogP contribution is 2.32. The van der Waals surface area contributed by atoms with Crippen LogP contribution in [0.1, 0.15) is 75.9 Å². The number of hydrogen-bond acceptors (Lipinski definition) is 5. The first kappa shape index (κ1) is 23.7. The number of aryl methyl sites for hydroxylation is 1. The third-order valence-electron chi connectivity index (χ3n) is 5.91. The maximum absolute atomic E-state index is 14.2. The molecule has 1 aromatic carbocycles. The van der Waals surface area contributed by atoms with Gasteiger partial charge in [0.15, 0.2) is 0 Å². The molecule has 0 aliphatic heterocycles. The molecule has 1 heterocycles. The van der Waals surface area contributed by atoms with Gasteiger partial charge in [0.05, 0.1) is 6.04 Å². The molecule has 1 amide bonds. The van der Waals surface area contributed by atoms with Gasteiger partial charge in [-0.2, -0.15) is 0 Å². The molecule has 1 unspecified atom stereocenters. The van der Waals surface area contributed by atoms with Crippen molar-refractivity contribution in [2.75, 3.05) is 5.32 Å². The SMILES string of the molecule is CCC[C@H](NC1CCc2cc(F)cc(F)c2C1)C(=O)Nc1nnc(C(C)(C)CCC)s1. The van der Waals surface area contributed by atoms with E-state index < -0.39 is 17.7 Å². The van der Waals surface area contributed by atoms with Gasteiger partial charge in [0, 0.05) is 17.5 Å². The van der Waals surface area contributed by atoms with Crippen molar-refractivity contribution in [2.45, 2.75) is 90.1 Å². The minimum absolute atomic E-state index is 0.0387. The van der Waals surface area contributed by atoms with Crippen molar-refractivity contribution in [3.63, 3.8) is 0 Å². The van der Waals surface area contributed by atoms with Crippen molar-refractivity contribution in [3.8, 4) is 0 Å². The van der Waals surface area contributed by atoms with Crippen molar-refractivity contribution in [2.24, 2.45) is 0 Å². The number of fused-ring (bicyclic) bond motifs is 1. The van der Waals surface area contributed by atoms with Gasteiger partial charge in [-0.15, -0.1) is 10.2 Å². The zero-order valence-corrected chi connectivity index (χ0v) is 19.5. The Morgan fingerprint density at radius 1 is 1.26 bits per heavy atom. The molecule has 8 heteroatoms. The first-order chi connectivity index (χ1) is 14.7. The summed E-state index contributed by atoms with van der Waals surface area (Å²) in [5.74, 6) is -1.19. The van der Waals surface area contributed by atoms with Crippen LogP contribution >= 0.6 is 11.3 Å². The van der Waals surface area contributed by atoms with Gasteiger partial charge in [-0.1, -0.05) is 51.9 Å². The summed E-state index contributed by atoms with van der Waals surface area (Å²) in [4.78, 5) is 13.0. The van der Waals surface area contributed by atoms with E-state index in [-0.39, 0.29) is 17.4 Å². The summed E-state index contributed by atoms with van der Waals surface area (Å²) in [6.07, 6.45) is 5.32. The second-order valence-corrected chi connectivity index (χ2v) is 9.99. The molecular formula is C23H32F2N4OS. The molecule has 31 heavy (non-hydrogen) atoms. The van der Waals surface area contributed by atoms with Gasteiger partial charge >= 0.3 is 0 Å². The summed E-state index contributed by atoms with van der Waals surface area (Å²) in [5, 5.41) is 16.2. The number of aromatic nitrogens is 2. The molecule has 5 nitrogen and oxygen atoms in total. The Bertz CT molecular complexity index is 915. The monoisotopic (exact) mass is 450 g/mol. The van der Waals surface area contributed by atoms with Crippen LogP contribution in [0.15, 0.2) is 12.1 Å². The smallest absolute Gasteiger partial charge is 0.243 e. The van der Waals surface area contributed by atoms with Gasteiger partial charge < -0.3 is 5.32 Å². The Labute approximate surface area is 187 Å². The standard InChI is InChI=1S/C23H32F2N4OS/c1-5-7-19(20(30)27-22-29-28-21(31-22)23(3,4)10-6-2)26-16-9-8-14-11-15(24)12-18(25)17(14)13-16/h11-12,16,19,26H,5-10,13H2,1-4H3,(H,27,29,30)/t16?,19-/m0/s1. The topological polar surface area (TPSA) is 66.9 Å². The van der Waals surface area contributed by atoms with E-state index in [4.69, 9.17) is 0 Å². The van der Waals surface area contributed by atoms with E-state index >= 15 is 0 Å². The molecule has 0 spiro atoms. The molecule has 1 aliphatic rings. The van der Waals surface area contributed by atoms with Gasteiger partial charge in [-0.05, 0) is 49.3 Å². The fourth-order valence-corrected chi connectivity index (χ4v) is 5.14. The van der Waals surface area contributed by atoms with Crippen LogP contribution in [0.4, 0.5) is 13.9 Å². The molecule has 2 atom stereocenters. The fraction of sp³-hybridized carbons (Fsp3) is 0.609. The number of rotatable bonds is 9. The molecule has 0 fully saturated rings. The second-order valence-electron chi connectivity index (χ2n) is 9.01. The molecule has 0 saturated carbocycles. The molecule has 1 aliphatic carbocycles. The summed E-state index contributed by atoms with van der Waals surface area (Å²) in [6.45, 7) is 8.43. The first-order valence-corrected chi connectivity index (χ1v) is 11.9. The third-order valence-corrected chi connectivity index (χ3v) is 7.11. The van der Waals surface area contributed by atoms with Gasteiger partial charge in [0.1, 0.15) is 16.6 Å². The lowest BCUT2D eigenvalue weighted by Crippen LogP contribution is -2.47. The summed E-state index contributed by atoms with van der Waals surface area (Å²) < 4.78 is 27.7. The number of benzene rings is 1. The molecule has 170 valence electrons. The van der Waals surface area contributed by atoms with Crippen LogP contribution < -0.4 is 10.6 Å². The zero-order chi connectivity index (χ0) is 22.6. The van der Waals surface area contributed by atoms with Crippen molar-refractivity contribution in [1.29, 1.82) is 0 Å². The quantitative estimate of drug-likeness (QED) is 0.555. The van der Waals surface area contributed by atoms with Crippen LogP contribution in [0.2, 0.25) is 0 Å². The lowest BCUT2D eigenvalue weighted by atomic mass is 9.87. The van der Waals surface area contributed by atoms with E-state index in [0.717, 1.165) is 42.3 Å². The predicted octanol–water partition coefficient (Wildman–Crippen LogP) is 5.15. The summed E-state index contributed by atoms with van der Waals surface area (Å²) in [7, 11) is 0. The molecule has 2 aromatic rings. The third kappa shape index (κ3) is 5.86. The zero-order valence-electron chi connectivity index (χ0n) is 18.7. The number of nitrogens with zero attached hydrogens (tertiary/aromatic N) is 2. The van der Waals surface area contributed by atoms with Crippen LogP contribution in [0, 0.1) is 11.6 Å². The maximum atomic E-state index is 14.2. The maximum Gasteiger partial charge on any atom is 0.243 e. The Morgan fingerprint density at radius 3 is 2.74 bits per heavy atom. The number of carbonyl (C=O) groups excluding carboxylic acids is 1. The summed E-state index contributed by atoms with van der Waals surface area (Å²) >= 11 is 1.42. The van der Waals surface area contributed by atoms with E-state index in [9.17, 15) is 13.6 Å². The van der Waals surface area contributed by atoms with E-state index in [0.29, 0.717) is 30.0 Å². The first-order valence-electron chi connectivity index (χ1n) is 11.1. The number of hydrogen-bond donors (Lipinski definition) is 2. The Hall–Kier alpha value is -1.93. The van der Waals surface area contributed by atoms with Gasteiger partial charge in [-0.3, -0.25) is 10.1 Å².